The number of nitrogens with zero attached hydrogens (tertiary/aromatic N) is 7. The van der Waals surface area contributed by atoms with E-state index in [2.05, 4.69) is 20.1 Å². The van der Waals surface area contributed by atoms with Crippen LogP contribution in [0.15, 0.2) is 94.7 Å². The van der Waals surface area contributed by atoms with Gasteiger partial charge in [0.05, 0.1) is 39.1 Å². The van der Waals surface area contributed by atoms with Crippen LogP contribution in [0.1, 0.15) is 56.7 Å². The molecule has 7 rings (SSSR count). The lowest BCUT2D eigenvalue weighted by molar-refractivity contribution is -0.120. The Morgan fingerprint density at radius 2 is 1.37 bits per heavy atom. The van der Waals surface area contributed by atoms with E-state index >= 15 is 16.8 Å². The molecule has 2 aliphatic rings. The molecular weight excluding hydrogens is 903 g/mol. The lowest BCUT2D eigenvalue weighted by Crippen LogP contribution is -2.42. The molecule has 2 atom stereocenters. The average Bonchev–Trinajstić information content (AvgIpc) is 3.98. The van der Waals surface area contributed by atoms with Crippen LogP contribution in [0.5, 0.6) is 17.2 Å². The first kappa shape index (κ1) is 48.8. The fourth-order valence-electron chi connectivity index (χ4n) is 7.97. The van der Waals surface area contributed by atoms with Crippen molar-refractivity contribution in [2.75, 3.05) is 52.4 Å². The SMILES string of the molecule is COc1ccc(CN(Cc2ccc(OC)cc2)S(=O)(=O)c2c(S(=O)(=O)N[C@@H]3CCN(C(=O)OC(C)(C)C)C3)ccc(N3CCC(CN)CC3=O)c2-c2nnn(Cc3ccc(OC)cc3)n2)cc1. The molecule has 358 valence electrons. The molecule has 0 saturated carbocycles. The van der Waals surface area contributed by atoms with Gasteiger partial charge in [-0.3, -0.25) is 4.79 Å². The Morgan fingerprint density at radius 1 is 0.806 bits per heavy atom. The fraction of sp³-hybridized carbons (Fsp3) is 0.413. The van der Waals surface area contributed by atoms with Crippen molar-refractivity contribution in [2.45, 2.75) is 81.1 Å². The molecule has 0 bridgehead atoms. The molecule has 3 N–H and O–H groups in total. The third-order valence-electron chi connectivity index (χ3n) is 11.5. The normalized spacial score (nSPS) is 16.9. The van der Waals surface area contributed by atoms with Crippen molar-refractivity contribution in [3.63, 3.8) is 0 Å². The van der Waals surface area contributed by atoms with Crippen molar-refractivity contribution >= 4 is 37.7 Å². The van der Waals surface area contributed by atoms with Crippen molar-refractivity contribution in [3.8, 4) is 28.6 Å². The molecule has 1 unspecified atom stereocenters. The quantitative estimate of drug-likeness (QED) is 0.128. The van der Waals surface area contributed by atoms with Crippen LogP contribution < -0.4 is 29.6 Å². The van der Waals surface area contributed by atoms with Gasteiger partial charge in [0.25, 0.3) is 0 Å². The predicted molar refractivity (Wildman–Crippen MR) is 248 cm³/mol. The van der Waals surface area contributed by atoms with Crippen LogP contribution in [0.3, 0.4) is 0 Å². The summed E-state index contributed by atoms with van der Waals surface area (Å²) in [6.07, 6.45) is 0.190. The number of anilines is 1. The first-order valence-corrected chi connectivity index (χ1v) is 24.7. The number of rotatable bonds is 17. The number of ether oxygens (including phenoxy) is 4. The highest BCUT2D eigenvalue weighted by molar-refractivity contribution is 7.92. The van der Waals surface area contributed by atoms with Gasteiger partial charge in [-0.05, 0) is 117 Å². The number of sulfonamides is 2. The summed E-state index contributed by atoms with van der Waals surface area (Å²) >= 11 is 0. The van der Waals surface area contributed by atoms with Gasteiger partial charge in [0, 0.05) is 45.2 Å². The lowest BCUT2D eigenvalue weighted by atomic mass is 9.95. The molecule has 67 heavy (non-hydrogen) atoms. The number of nitrogens with two attached hydrogens (primary N) is 1. The molecular formula is C46H57N9O10S2. The van der Waals surface area contributed by atoms with Gasteiger partial charge in [-0.2, -0.15) is 9.10 Å². The highest BCUT2D eigenvalue weighted by Crippen LogP contribution is 2.42. The van der Waals surface area contributed by atoms with E-state index in [-0.39, 0.29) is 87.6 Å². The first-order chi connectivity index (χ1) is 31.9. The zero-order valence-corrected chi connectivity index (χ0v) is 40.0. The van der Waals surface area contributed by atoms with Crippen LogP contribution in [-0.2, 0) is 49.2 Å². The van der Waals surface area contributed by atoms with E-state index in [0.29, 0.717) is 34.8 Å². The predicted octanol–water partition coefficient (Wildman–Crippen LogP) is 4.79. The van der Waals surface area contributed by atoms with Crippen LogP contribution in [0, 0.1) is 5.92 Å². The van der Waals surface area contributed by atoms with E-state index in [1.54, 1.807) is 88.5 Å². The summed E-state index contributed by atoms with van der Waals surface area (Å²) in [6, 6.07) is 22.6. The van der Waals surface area contributed by atoms with E-state index in [0.717, 1.165) is 5.56 Å². The Labute approximate surface area is 391 Å². The highest BCUT2D eigenvalue weighted by atomic mass is 32.2. The molecule has 5 aromatic rings. The summed E-state index contributed by atoms with van der Waals surface area (Å²) in [5.74, 6) is 1.04. The molecule has 2 aliphatic heterocycles. The number of tetrazole rings is 1. The van der Waals surface area contributed by atoms with Gasteiger partial charge < -0.3 is 34.5 Å². The summed E-state index contributed by atoms with van der Waals surface area (Å²) < 4.78 is 87.6. The largest absolute Gasteiger partial charge is 0.497 e. The van der Waals surface area contributed by atoms with E-state index in [1.165, 1.54) is 45.3 Å². The number of hydrogen-bond acceptors (Lipinski definition) is 14. The number of likely N-dealkylation sites (tertiary alicyclic amines) is 1. The summed E-state index contributed by atoms with van der Waals surface area (Å²) in [4.78, 5) is 29.9. The monoisotopic (exact) mass is 959 g/mol. The fourth-order valence-corrected chi connectivity index (χ4v) is 11.6. The van der Waals surface area contributed by atoms with Gasteiger partial charge in [0.15, 0.2) is 0 Å². The second kappa shape index (κ2) is 20.4. The molecule has 0 spiro atoms. The van der Waals surface area contributed by atoms with E-state index in [9.17, 15) is 9.59 Å². The summed E-state index contributed by atoms with van der Waals surface area (Å²) in [7, 11) is -5.15. The number of methoxy groups -OCH3 is 3. The van der Waals surface area contributed by atoms with Crippen LogP contribution in [-0.4, -0.2) is 117 Å². The maximum atomic E-state index is 16.0. The topological polar surface area (TPSA) is 231 Å². The second-order valence-corrected chi connectivity index (χ2v) is 21.0. The minimum absolute atomic E-state index is 0.0337. The maximum absolute atomic E-state index is 16.0. The van der Waals surface area contributed by atoms with Crippen molar-refractivity contribution in [2.24, 2.45) is 11.7 Å². The Morgan fingerprint density at radius 3 is 1.90 bits per heavy atom. The van der Waals surface area contributed by atoms with E-state index < -0.39 is 47.6 Å². The summed E-state index contributed by atoms with van der Waals surface area (Å²) in [5.41, 5.74) is 6.95. The van der Waals surface area contributed by atoms with Crippen molar-refractivity contribution in [1.29, 1.82) is 0 Å². The van der Waals surface area contributed by atoms with Gasteiger partial charge in [-0.15, -0.1) is 10.2 Å². The van der Waals surface area contributed by atoms with Gasteiger partial charge in [-0.1, -0.05) is 36.4 Å². The number of amides is 2. The van der Waals surface area contributed by atoms with Gasteiger partial charge in [0.1, 0.15) is 32.6 Å². The third kappa shape index (κ3) is 11.5. The molecule has 21 heteroatoms. The summed E-state index contributed by atoms with van der Waals surface area (Å²) in [5, 5.41) is 13.3. The maximum Gasteiger partial charge on any atom is 0.410 e. The lowest BCUT2D eigenvalue weighted by Gasteiger charge is -2.33. The van der Waals surface area contributed by atoms with Crippen LogP contribution in [0.25, 0.3) is 11.4 Å². The zero-order valence-electron chi connectivity index (χ0n) is 38.4. The van der Waals surface area contributed by atoms with E-state index in [4.69, 9.17) is 24.7 Å². The van der Waals surface area contributed by atoms with Gasteiger partial charge in [0.2, 0.25) is 31.8 Å². The minimum Gasteiger partial charge on any atom is -0.497 e. The standard InChI is InChI=1S/C46H57N9O10S2/c1-46(2,3)65-45(57)52-23-22-35(30-52)50-66(58,59)40-20-19-39(54-24-21-34(26-47)25-41(54)56)42(44-48-51-55(49-44)29-33-11-17-38(64-6)18-12-33)43(40)67(60,61)53(27-31-7-13-36(62-4)14-8-31)28-32-9-15-37(63-5)16-10-32/h7-20,34-35,50H,21-30,47H2,1-6H3/t34?,35-/m1/s1. The Balaban J connectivity index is 1.42. The second-order valence-electron chi connectivity index (χ2n) is 17.4. The van der Waals surface area contributed by atoms with Gasteiger partial charge in [-0.25, -0.2) is 26.4 Å². The molecule has 1 aromatic heterocycles. The Hall–Kier alpha value is -6.13. The molecule has 2 fully saturated rings. The zero-order chi connectivity index (χ0) is 48.1. The van der Waals surface area contributed by atoms with Crippen molar-refractivity contribution in [1.82, 2.24) is 34.1 Å². The first-order valence-electron chi connectivity index (χ1n) is 21.8. The molecule has 2 saturated heterocycles. The van der Waals surface area contributed by atoms with Gasteiger partial charge >= 0.3 is 6.09 Å². The van der Waals surface area contributed by atoms with Crippen LogP contribution in [0.2, 0.25) is 0 Å². The molecule has 2 amide bonds. The summed E-state index contributed by atoms with van der Waals surface area (Å²) in [6.45, 7) is 5.45. The molecule has 0 radical (unpaired) electrons. The Kier molecular flexibility index (Phi) is 14.9. The van der Waals surface area contributed by atoms with Crippen molar-refractivity contribution < 1.29 is 45.4 Å². The number of benzene rings is 4. The number of nitrogens with one attached hydrogen (secondary N) is 1. The Bertz CT molecular complexity index is 2710. The van der Waals surface area contributed by atoms with E-state index in [1.807, 2.05) is 12.1 Å². The molecule has 3 heterocycles. The number of carbonyl (C=O) groups excluding carboxylic acids is 2. The number of carbonyl (C=O) groups is 2. The minimum atomic E-state index is -4.97. The third-order valence-corrected chi connectivity index (χ3v) is 15.1. The number of aromatic nitrogens is 4. The molecule has 19 nitrogen and oxygen atoms in total. The molecule has 0 aliphatic carbocycles. The highest BCUT2D eigenvalue weighted by Gasteiger charge is 2.41. The number of hydrogen-bond donors (Lipinski definition) is 2. The van der Waals surface area contributed by atoms with Crippen molar-refractivity contribution in [3.05, 3.63) is 102 Å². The molecule has 4 aromatic carbocycles. The smallest absolute Gasteiger partial charge is 0.410 e. The van der Waals surface area contributed by atoms with Crippen LogP contribution in [0.4, 0.5) is 10.5 Å². The van der Waals surface area contributed by atoms with Crippen LogP contribution >= 0.6 is 0 Å². The average molecular weight is 960 g/mol. The number of piperidine rings is 1.